The highest BCUT2D eigenvalue weighted by atomic mass is 16.5. The maximum atomic E-state index is 11.6. The van der Waals surface area contributed by atoms with Crippen molar-refractivity contribution in [3.63, 3.8) is 0 Å². The molecule has 6 heteroatoms. The highest BCUT2D eigenvalue weighted by Crippen LogP contribution is 2.21. The van der Waals surface area contributed by atoms with Crippen molar-refractivity contribution in [2.45, 2.75) is 38.5 Å². The van der Waals surface area contributed by atoms with Gasteiger partial charge in [-0.25, -0.2) is 0 Å². The van der Waals surface area contributed by atoms with Crippen LogP contribution in [0.4, 0.5) is 0 Å². The van der Waals surface area contributed by atoms with E-state index in [1.165, 1.54) is 7.11 Å². The van der Waals surface area contributed by atoms with E-state index in [1.54, 1.807) is 0 Å². The number of hydrogen-bond acceptors (Lipinski definition) is 6. The summed E-state index contributed by atoms with van der Waals surface area (Å²) < 4.78 is 4.69. The Bertz CT molecular complexity index is 462. The molecule has 1 atom stereocenters. The molecule has 0 aromatic rings. The summed E-state index contributed by atoms with van der Waals surface area (Å²) in [5.41, 5.74) is 0. The van der Waals surface area contributed by atoms with E-state index in [-0.39, 0.29) is 6.42 Å². The number of carbonyl (C=O) groups is 1. The van der Waals surface area contributed by atoms with Crippen LogP contribution in [-0.4, -0.2) is 13.1 Å². The molecule has 1 unspecified atom stereocenters. The van der Waals surface area contributed by atoms with E-state index in [1.807, 2.05) is 24.3 Å². The number of esters is 1. The molecule has 0 aliphatic heterocycles. The molecule has 0 radical (unpaired) electrons. The van der Waals surface area contributed by atoms with Crippen molar-refractivity contribution in [3.05, 3.63) is 0 Å². The van der Waals surface area contributed by atoms with Crippen molar-refractivity contribution in [1.82, 2.24) is 0 Å². The van der Waals surface area contributed by atoms with Crippen molar-refractivity contribution in [1.29, 1.82) is 21.0 Å². The van der Waals surface area contributed by atoms with E-state index in [9.17, 15) is 4.79 Å². The molecule has 21 heavy (non-hydrogen) atoms. The lowest BCUT2D eigenvalue weighted by atomic mass is 9.91. The van der Waals surface area contributed by atoms with E-state index >= 15 is 0 Å². The highest BCUT2D eigenvalue weighted by molar-refractivity contribution is 5.72. The number of hydrogen-bond donors (Lipinski definition) is 0. The van der Waals surface area contributed by atoms with Gasteiger partial charge in [0.15, 0.2) is 0 Å². The first kappa shape index (κ1) is 18.4. The lowest BCUT2D eigenvalue weighted by Crippen LogP contribution is -2.19. The maximum Gasteiger partial charge on any atom is 0.308 e. The van der Waals surface area contributed by atoms with Gasteiger partial charge in [-0.05, 0) is 19.3 Å². The minimum absolute atomic E-state index is 0.179. The fourth-order valence-electron chi connectivity index (χ4n) is 1.99. The first-order valence-electron chi connectivity index (χ1n) is 6.79. The smallest absolute Gasteiger partial charge is 0.308 e. The average molecular weight is 286 g/mol. The van der Waals surface area contributed by atoms with Crippen LogP contribution in [0.5, 0.6) is 0 Å². The number of rotatable bonds is 9. The molecule has 0 amide bonds. The van der Waals surface area contributed by atoms with Gasteiger partial charge in [0.1, 0.15) is 11.8 Å². The van der Waals surface area contributed by atoms with Gasteiger partial charge in [-0.15, -0.1) is 0 Å². The van der Waals surface area contributed by atoms with Crippen molar-refractivity contribution in [3.8, 4) is 24.3 Å². The molecular formula is C15H18N4O2. The molecule has 0 heterocycles. The van der Waals surface area contributed by atoms with Gasteiger partial charge in [0.25, 0.3) is 0 Å². The fourth-order valence-corrected chi connectivity index (χ4v) is 1.99. The van der Waals surface area contributed by atoms with E-state index in [0.29, 0.717) is 12.8 Å². The molecule has 0 fully saturated rings. The Kier molecular flexibility index (Phi) is 9.89. The number of ether oxygens (including phenoxy) is 1. The third-order valence-corrected chi connectivity index (χ3v) is 3.22. The van der Waals surface area contributed by atoms with Crippen LogP contribution in [0.15, 0.2) is 0 Å². The first-order valence-corrected chi connectivity index (χ1v) is 6.79. The largest absolute Gasteiger partial charge is 0.469 e. The Hall–Kier alpha value is -2.57. The molecule has 0 aliphatic carbocycles. The molecule has 0 saturated heterocycles. The quantitative estimate of drug-likeness (QED) is 0.474. The van der Waals surface area contributed by atoms with Crippen molar-refractivity contribution in [2.75, 3.05) is 7.11 Å². The maximum absolute atomic E-state index is 11.6. The summed E-state index contributed by atoms with van der Waals surface area (Å²) in [5.74, 6) is -2.25. The summed E-state index contributed by atoms with van der Waals surface area (Å²) in [6.07, 6.45) is 3.49. The molecule has 110 valence electrons. The predicted molar refractivity (Wildman–Crippen MR) is 72.6 cm³/mol. The Morgan fingerprint density at radius 2 is 1.43 bits per heavy atom. The van der Waals surface area contributed by atoms with E-state index in [2.05, 4.69) is 4.74 Å². The van der Waals surface area contributed by atoms with Crippen LogP contribution in [0.3, 0.4) is 0 Å². The van der Waals surface area contributed by atoms with Gasteiger partial charge in [0.05, 0.1) is 37.3 Å². The first-order chi connectivity index (χ1) is 10.1. The zero-order chi connectivity index (χ0) is 16.1. The fraction of sp³-hybridized carbons (Fsp3) is 0.667. The lowest BCUT2D eigenvalue weighted by Gasteiger charge is -2.14. The third kappa shape index (κ3) is 7.56. The number of unbranched alkanes of at least 4 members (excludes halogenated alkanes) is 2. The zero-order valence-electron chi connectivity index (χ0n) is 12.1. The topological polar surface area (TPSA) is 121 Å². The van der Waals surface area contributed by atoms with Gasteiger partial charge in [-0.3, -0.25) is 4.79 Å². The summed E-state index contributed by atoms with van der Waals surface area (Å²) >= 11 is 0. The highest BCUT2D eigenvalue weighted by Gasteiger charge is 2.23. The normalized spacial score (nSPS) is 11.0. The summed E-state index contributed by atoms with van der Waals surface area (Å²) in [5, 5.41) is 34.8. The van der Waals surface area contributed by atoms with Gasteiger partial charge in [0.2, 0.25) is 0 Å². The summed E-state index contributed by atoms with van der Waals surface area (Å²) in [7, 11) is 1.29. The van der Waals surface area contributed by atoms with Gasteiger partial charge >= 0.3 is 5.97 Å². The molecule has 0 spiro atoms. The lowest BCUT2D eigenvalue weighted by molar-refractivity contribution is -0.146. The van der Waals surface area contributed by atoms with Gasteiger partial charge < -0.3 is 4.74 Å². The summed E-state index contributed by atoms with van der Waals surface area (Å²) in [4.78, 5) is 11.6. The molecule has 0 aromatic heterocycles. The Morgan fingerprint density at radius 1 is 0.905 bits per heavy atom. The van der Waals surface area contributed by atoms with Crippen LogP contribution >= 0.6 is 0 Å². The third-order valence-electron chi connectivity index (χ3n) is 3.22. The molecular weight excluding hydrogens is 268 g/mol. The van der Waals surface area contributed by atoms with Crippen LogP contribution in [0.1, 0.15) is 38.5 Å². The molecule has 0 aliphatic rings. The average Bonchev–Trinajstić information content (AvgIpc) is 2.53. The number of nitriles is 4. The van der Waals surface area contributed by atoms with Crippen LogP contribution in [0, 0.1) is 63.1 Å². The molecule has 0 aromatic carbocycles. The Morgan fingerprint density at radius 3 is 1.90 bits per heavy atom. The van der Waals surface area contributed by atoms with Crippen molar-refractivity contribution >= 4 is 5.97 Å². The standard InChI is InChI=1S/C15H18N4O2/c1-21-15(20)14(7-13(10-18)11-19)6-4-2-3-5-12(8-16)9-17/h12-14H,2-7H2,1H3. The summed E-state index contributed by atoms with van der Waals surface area (Å²) in [6.45, 7) is 0. The number of nitrogens with zero attached hydrogens (tertiary/aromatic N) is 4. The minimum Gasteiger partial charge on any atom is -0.469 e. The van der Waals surface area contributed by atoms with Gasteiger partial charge in [-0.2, -0.15) is 21.0 Å². The van der Waals surface area contributed by atoms with Crippen LogP contribution in [0.25, 0.3) is 0 Å². The molecule has 0 bridgehead atoms. The Labute approximate surface area is 125 Å². The van der Waals surface area contributed by atoms with Gasteiger partial charge in [0, 0.05) is 0 Å². The Balaban J connectivity index is 4.19. The molecule has 0 rings (SSSR count). The zero-order valence-corrected chi connectivity index (χ0v) is 12.1. The second kappa shape index (κ2) is 11.3. The monoisotopic (exact) mass is 286 g/mol. The molecule has 0 saturated carbocycles. The van der Waals surface area contributed by atoms with E-state index in [4.69, 9.17) is 21.0 Å². The minimum atomic E-state index is -0.810. The summed E-state index contributed by atoms with van der Waals surface area (Å²) in [6, 6.07) is 7.53. The van der Waals surface area contributed by atoms with Crippen LogP contribution in [0.2, 0.25) is 0 Å². The molecule has 6 nitrogen and oxygen atoms in total. The second-order valence-corrected chi connectivity index (χ2v) is 4.72. The predicted octanol–water partition coefficient (Wildman–Crippen LogP) is 2.44. The second-order valence-electron chi connectivity index (χ2n) is 4.72. The van der Waals surface area contributed by atoms with Crippen molar-refractivity contribution < 1.29 is 9.53 Å². The van der Waals surface area contributed by atoms with Crippen molar-refractivity contribution in [2.24, 2.45) is 17.8 Å². The molecule has 0 N–H and O–H groups in total. The van der Waals surface area contributed by atoms with E-state index < -0.39 is 23.7 Å². The van der Waals surface area contributed by atoms with Gasteiger partial charge in [-0.1, -0.05) is 19.3 Å². The van der Waals surface area contributed by atoms with Crippen LogP contribution < -0.4 is 0 Å². The van der Waals surface area contributed by atoms with E-state index in [0.717, 1.165) is 19.3 Å². The SMILES string of the molecule is COC(=O)C(CCCCCC(C#N)C#N)CC(C#N)C#N. The van der Waals surface area contributed by atoms with Crippen LogP contribution in [-0.2, 0) is 9.53 Å². The number of methoxy groups -OCH3 is 1. The number of carbonyl (C=O) groups excluding carboxylic acids is 1.